The minimum absolute atomic E-state index is 0.579. The van der Waals surface area contributed by atoms with Gasteiger partial charge in [0.05, 0.1) is 0 Å². The predicted octanol–water partition coefficient (Wildman–Crippen LogP) is 11.9. The largest absolute Gasteiger partial charge is 0.387 e. The van der Waals surface area contributed by atoms with Gasteiger partial charge in [0.1, 0.15) is 0 Å². The summed E-state index contributed by atoms with van der Waals surface area (Å²) in [5, 5.41) is 0. The molecule has 0 heterocycles. The third-order valence-corrected chi connectivity index (χ3v) is 7.38. The van der Waals surface area contributed by atoms with Crippen LogP contribution in [-0.2, 0) is 14.3 Å². The second kappa shape index (κ2) is 32.6. The summed E-state index contributed by atoms with van der Waals surface area (Å²) in [6, 6.07) is 0. The molecular formula is C36H64O3. The fourth-order valence-electron chi connectivity index (χ4n) is 4.86. The molecule has 0 aliphatic heterocycles. The molecule has 0 aromatic carbocycles. The molecule has 0 rings (SSSR count). The first-order valence-corrected chi connectivity index (χ1v) is 17.0. The Morgan fingerprint density at radius 3 is 1.15 bits per heavy atom. The first-order valence-electron chi connectivity index (χ1n) is 17.0. The molecule has 0 aromatic heterocycles. The summed E-state index contributed by atoms with van der Waals surface area (Å²) in [7, 11) is 0. The Balaban J connectivity index is 3.50. The van der Waals surface area contributed by atoms with E-state index in [1.165, 1.54) is 160 Å². The maximum atomic E-state index is 11.8. The lowest BCUT2D eigenvalue weighted by molar-refractivity contribution is -0.152. The number of carbonyl (C=O) groups excluding carboxylic acids is 2. The van der Waals surface area contributed by atoms with Crippen molar-refractivity contribution in [2.24, 2.45) is 0 Å². The van der Waals surface area contributed by atoms with Gasteiger partial charge in [-0.2, -0.15) is 0 Å². The van der Waals surface area contributed by atoms with E-state index >= 15 is 0 Å². The van der Waals surface area contributed by atoms with Crippen molar-refractivity contribution in [1.82, 2.24) is 0 Å². The Kier molecular flexibility index (Phi) is 31.2. The lowest BCUT2D eigenvalue weighted by Gasteiger charge is -2.02. The van der Waals surface area contributed by atoms with Gasteiger partial charge in [-0.1, -0.05) is 179 Å². The molecule has 0 bridgehead atoms. The number of unbranched alkanes of at least 4 members (excludes halogenated alkanes) is 24. The predicted molar refractivity (Wildman–Crippen MR) is 170 cm³/mol. The third-order valence-electron chi connectivity index (χ3n) is 7.38. The van der Waals surface area contributed by atoms with Gasteiger partial charge in [0, 0.05) is 12.2 Å². The summed E-state index contributed by atoms with van der Waals surface area (Å²) in [6.45, 7) is 4.54. The Morgan fingerprint density at radius 1 is 0.410 bits per heavy atom. The zero-order chi connectivity index (χ0) is 28.5. The van der Waals surface area contributed by atoms with Gasteiger partial charge in [-0.05, 0) is 25.7 Å². The monoisotopic (exact) mass is 544 g/mol. The van der Waals surface area contributed by atoms with Crippen LogP contribution in [0.3, 0.4) is 0 Å². The van der Waals surface area contributed by atoms with E-state index in [-0.39, 0.29) is 0 Å². The Bertz CT molecular complexity index is 617. The molecule has 226 valence electrons. The van der Waals surface area contributed by atoms with E-state index in [1.54, 1.807) is 6.08 Å². The van der Waals surface area contributed by atoms with Crippen LogP contribution in [0.15, 0.2) is 36.5 Å². The van der Waals surface area contributed by atoms with Crippen molar-refractivity contribution in [3.63, 3.8) is 0 Å². The number of carbonyl (C=O) groups is 2. The molecule has 0 saturated heterocycles. The van der Waals surface area contributed by atoms with Crippen LogP contribution in [0.4, 0.5) is 0 Å². The van der Waals surface area contributed by atoms with E-state index in [9.17, 15) is 9.59 Å². The first-order chi connectivity index (χ1) is 19.2. The van der Waals surface area contributed by atoms with Crippen molar-refractivity contribution in [3.8, 4) is 0 Å². The average molecular weight is 545 g/mol. The van der Waals surface area contributed by atoms with Crippen LogP contribution >= 0.6 is 0 Å². The molecule has 0 saturated carbocycles. The molecule has 0 amide bonds. The fourth-order valence-corrected chi connectivity index (χ4v) is 4.86. The quantitative estimate of drug-likeness (QED) is 0.0309. The molecule has 0 spiro atoms. The van der Waals surface area contributed by atoms with E-state index in [2.05, 4.69) is 19.9 Å². The molecule has 39 heavy (non-hydrogen) atoms. The Morgan fingerprint density at radius 2 is 0.744 bits per heavy atom. The van der Waals surface area contributed by atoms with Crippen molar-refractivity contribution in [3.05, 3.63) is 36.5 Å². The highest BCUT2D eigenvalue weighted by Gasteiger charge is 2.02. The van der Waals surface area contributed by atoms with Gasteiger partial charge < -0.3 is 4.74 Å². The average Bonchev–Trinajstić information content (AvgIpc) is 2.93. The van der Waals surface area contributed by atoms with Crippen molar-refractivity contribution in [2.75, 3.05) is 0 Å². The van der Waals surface area contributed by atoms with Crippen LogP contribution in [0.5, 0.6) is 0 Å². The molecule has 0 N–H and O–H groups in total. The van der Waals surface area contributed by atoms with Crippen LogP contribution in [0.2, 0.25) is 0 Å². The molecule has 0 radical (unpaired) electrons. The number of hydrogen-bond acceptors (Lipinski definition) is 3. The summed E-state index contributed by atoms with van der Waals surface area (Å²) in [5.74, 6) is -1.19. The van der Waals surface area contributed by atoms with Gasteiger partial charge in [-0.25, -0.2) is 9.59 Å². The van der Waals surface area contributed by atoms with Crippen molar-refractivity contribution in [2.45, 2.75) is 181 Å². The maximum absolute atomic E-state index is 11.8. The van der Waals surface area contributed by atoms with Gasteiger partial charge in [0.25, 0.3) is 0 Å². The summed E-state index contributed by atoms with van der Waals surface area (Å²) < 4.78 is 4.80. The Hall–Kier alpha value is -1.64. The molecule has 0 aliphatic rings. The normalized spacial score (nSPS) is 11.8. The molecule has 3 nitrogen and oxygen atoms in total. The van der Waals surface area contributed by atoms with E-state index in [0.717, 1.165) is 19.3 Å². The minimum atomic E-state index is -0.607. The van der Waals surface area contributed by atoms with Crippen LogP contribution < -0.4 is 0 Å². The van der Waals surface area contributed by atoms with Crippen molar-refractivity contribution in [1.29, 1.82) is 0 Å². The van der Waals surface area contributed by atoms with Gasteiger partial charge in [-0.15, -0.1) is 0 Å². The smallest absolute Gasteiger partial charge is 0.338 e. The first kappa shape index (κ1) is 37.4. The van der Waals surface area contributed by atoms with Crippen LogP contribution in [0, 0.1) is 0 Å². The van der Waals surface area contributed by atoms with Crippen LogP contribution in [0.1, 0.15) is 181 Å². The van der Waals surface area contributed by atoms with Gasteiger partial charge in [-0.3, -0.25) is 0 Å². The standard InChI is InChI=1S/C36H64O3/c1-3-5-7-9-11-13-15-17-19-21-23-25-27-29-31-33-35(37)39-36(38)34-32-30-28-26-24-22-20-18-16-14-12-10-8-6-4-2/h27,29,31-34H,3-26,28,30H2,1-2H3. The number of ether oxygens (including phenoxy) is 1. The van der Waals surface area contributed by atoms with E-state index < -0.39 is 11.9 Å². The highest BCUT2D eigenvalue weighted by Crippen LogP contribution is 2.14. The van der Waals surface area contributed by atoms with Gasteiger partial charge in [0.15, 0.2) is 0 Å². The van der Waals surface area contributed by atoms with E-state index in [0.29, 0.717) is 0 Å². The van der Waals surface area contributed by atoms with Crippen molar-refractivity contribution < 1.29 is 14.3 Å². The van der Waals surface area contributed by atoms with Crippen LogP contribution in [-0.4, -0.2) is 11.9 Å². The Labute approximate surface area is 243 Å². The van der Waals surface area contributed by atoms with E-state index in [4.69, 9.17) is 4.74 Å². The summed E-state index contributed by atoms with van der Waals surface area (Å²) in [6.07, 6.45) is 44.2. The highest BCUT2D eigenvalue weighted by molar-refractivity contribution is 5.96. The summed E-state index contributed by atoms with van der Waals surface area (Å²) in [5.41, 5.74) is 0. The minimum Gasteiger partial charge on any atom is -0.387 e. The number of rotatable bonds is 29. The van der Waals surface area contributed by atoms with Crippen molar-refractivity contribution >= 4 is 11.9 Å². The topological polar surface area (TPSA) is 43.4 Å². The lowest BCUT2D eigenvalue weighted by atomic mass is 10.0. The number of hydrogen-bond donors (Lipinski definition) is 0. The molecule has 0 atom stereocenters. The SMILES string of the molecule is CCCCCCCCCCCCCC=CC=CC(=O)OC(=O)C=CCCCCCCCCCCCCCCC. The summed E-state index contributed by atoms with van der Waals surface area (Å²) >= 11 is 0. The molecule has 0 aliphatic carbocycles. The maximum Gasteiger partial charge on any atom is 0.338 e. The number of allylic oxidation sites excluding steroid dienone is 4. The molecule has 0 aromatic rings. The second-order valence-electron chi connectivity index (χ2n) is 11.3. The molecule has 0 fully saturated rings. The molecular weight excluding hydrogens is 480 g/mol. The number of esters is 2. The molecule has 3 heteroatoms. The van der Waals surface area contributed by atoms with E-state index in [1.807, 2.05) is 12.2 Å². The second-order valence-corrected chi connectivity index (χ2v) is 11.3. The van der Waals surface area contributed by atoms with Gasteiger partial charge >= 0.3 is 11.9 Å². The zero-order valence-electron chi connectivity index (χ0n) is 26.1. The van der Waals surface area contributed by atoms with Gasteiger partial charge in [0.2, 0.25) is 0 Å². The zero-order valence-corrected chi connectivity index (χ0v) is 26.1. The van der Waals surface area contributed by atoms with Crippen LogP contribution in [0.25, 0.3) is 0 Å². The third kappa shape index (κ3) is 32.5. The highest BCUT2D eigenvalue weighted by atomic mass is 16.6. The lowest BCUT2D eigenvalue weighted by Crippen LogP contribution is -2.06. The molecule has 0 unspecified atom stereocenters. The fraction of sp³-hybridized carbons (Fsp3) is 0.778. The summed E-state index contributed by atoms with van der Waals surface area (Å²) in [4.78, 5) is 23.5.